The normalized spacial score (nSPS) is 11.3. The Kier molecular flexibility index (Phi) is 6.27. The summed E-state index contributed by atoms with van der Waals surface area (Å²) in [4.78, 5) is 17.6. The molecule has 1 rings (SSSR count). The number of hydrogen-bond acceptors (Lipinski definition) is 4. The highest BCUT2D eigenvalue weighted by molar-refractivity contribution is 7.89. The molecule has 0 spiro atoms. The predicted molar refractivity (Wildman–Crippen MR) is 72.0 cm³/mol. The first-order valence-electron chi connectivity index (χ1n) is 5.92. The second-order valence-corrected chi connectivity index (χ2v) is 6.06. The number of unbranched alkanes of at least 4 members (excludes halogenated alkanes) is 2. The fraction of sp³-hybridized carbons (Fsp3) is 0.417. The van der Waals surface area contributed by atoms with E-state index in [2.05, 4.69) is 4.84 Å². The van der Waals surface area contributed by atoms with Crippen molar-refractivity contribution in [2.45, 2.75) is 37.5 Å². The second-order valence-electron chi connectivity index (χ2n) is 3.98. The smallest absolute Gasteiger partial charge is 0.326 e. The summed E-state index contributed by atoms with van der Waals surface area (Å²) in [5.41, 5.74) is 0. The van der Waals surface area contributed by atoms with Gasteiger partial charge in [-0.15, -0.1) is 0 Å². The molecule has 0 bridgehead atoms. The molecule has 0 heterocycles. The van der Waals surface area contributed by atoms with E-state index in [0.717, 1.165) is 12.8 Å². The van der Waals surface area contributed by atoms with E-state index >= 15 is 0 Å². The SMILES string of the molecule is CCCCCC(=O)ONS(=O)(=O)c1cccc(Cl)c1. The van der Waals surface area contributed by atoms with Gasteiger partial charge in [0.15, 0.2) is 0 Å². The van der Waals surface area contributed by atoms with Crippen molar-refractivity contribution < 1.29 is 18.0 Å². The van der Waals surface area contributed by atoms with E-state index in [1.54, 1.807) is 11.0 Å². The van der Waals surface area contributed by atoms with Crippen molar-refractivity contribution in [1.82, 2.24) is 4.89 Å². The molecule has 0 amide bonds. The van der Waals surface area contributed by atoms with Crippen LogP contribution in [0.1, 0.15) is 32.6 Å². The number of hydrogen-bond donors (Lipinski definition) is 1. The average Bonchev–Trinajstić information content (AvgIpc) is 2.37. The second kappa shape index (κ2) is 7.47. The molecular weight excluding hydrogens is 290 g/mol. The first-order chi connectivity index (χ1) is 8.95. The summed E-state index contributed by atoms with van der Waals surface area (Å²) in [6, 6.07) is 5.69. The molecule has 1 aromatic carbocycles. The summed E-state index contributed by atoms with van der Waals surface area (Å²) in [5, 5.41) is 0.289. The van der Waals surface area contributed by atoms with Crippen LogP contribution in [-0.4, -0.2) is 14.4 Å². The van der Waals surface area contributed by atoms with Gasteiger partial charge in [0.2, 0.25) is 0 Å². The predicted octanol–water partition coefficient (Wildman–Crippen LogP) is 2.66. The van der Waals surface area contributed by atoms with Crippen LogP contribution in [0.3, 0.4) is 0 Å². The van der Waals surface area contributed by atoms with Gasteiger partial charge >= 0.3 is 5.97 Å². The van der Waals surface area contributed by atoms with Gasteiger partial charge in [0.25, 0.3) is 10.0 Å². The van der Waals surface area contributed by atoms with Crippen LogP contribution in [0, 0.1) is 0 Å². The minimum atomic E-state index is -3.89. The van der Waals surface area contributed by atoms with E-state index in [9.17, 15) is 13.2 Å². The highest BCUT2D eigenvalue weighted by Crippen LogP contribution is 2.15. The molecule has 0 aliphatic heterocycles. The molecule has 19 heavy (non-hydrogen) atoms. The number of sulfonamides is 1. The Morgan fingerprint density at radius 1 is 1.37 bits per heavy atom. The van der Waals surface area contributed by atoms with Crippen molar-refractivity contribution in [2.75, 3.05) is 0 Å². The van der Waals surface area contributed by atoms with Crippen molar-refractivity contribution >= 4 is 27.6 Å². The van der Waals surface area contributed by atoms with E-state index in [0.29, 0.717) is 6.42 Å². The topological polar surface area (TPSA) is 72.5 Å². The van der Waals surface area contributed by atoms with Crippen LogP contribution in [0.4, 0.5) is 0 Å². The molecule has 0 aliphatic rings. The Balaban J connectivity index is 2.54. The first kappa shape index (κ1) is 15.9. The fourth-order valence-corrected chi connectivity index (χ4v) is 2.45. The van der Waals surface area contributed by atoms with Crippen molar-refractivity contribution in [3.05, 3.63) is 29.3 Å². The van der Waals surface area contributed by atoms with E-state index in [4.69, 9.17) is 11.6 Å². The summed E-state index contributed by atoms with van der Waals surface area (Å²) in [6.45, 7) is 2.01. The molecule has 5 nitrogen and oxygen atoms in total. The molecule has 7 heteroatoms. The molecule has 0 atom stereocenters. The molecular formula is C12H16ClNO4S. The minimum absolute atomic E-state index is 0.0543. The highest BCUT2D eigenvalue weighted by atomic mass is 35.5. The maximum Gasteiger partial charge on any atom is 0.326 e. The van der Waals surface area contributed by atoms with Gasteiger partial charge in [-0.3, -0.25) is 4.79 Å². The van der Waals surface area contributed by atoms with Gasteiger partial charge < -0.3 is 4.84 Å². The largest absolute Gasteiger partial charge is 0.356 e. The number of carbonyl (C=O) groups is 1. The molecule has 106 valence electrons. The number of halogens is 1. The van der Waals surface area contributed by atoms with Gasteiger partial charge in [-0.05, 0) is 29.5 Å². The maximum atomic E-state index is 11.8. The summed E-state index contributed by atoms with van der Waals surface area (Å²) < 4.78 is 23.5. The van der Waals surface area contributed by atoms with Crippen molar-refractivity contribution in [1.29, 1.82) is 0 Å². The van der Waals surface area contributed by atoms with Gasteiger partial charge in [-0.2, -0.15) is 0 Å². The summed E-state index contributed by atoms with van der Waals surface area (Å²) in [7, 11) is -3.89. The summed E-state index contributed by atoms with van der Waals surface area (Å²) in [5.74, 6) is -0.598. The quantitative estimate of drug-likeness (QED) is 0.621. The van der Waals surface area contributed by atoms with Crippen molar-refractivity contribution in [3.63, 3.8) is 0 Å². The lowest BCUT2D eigenvalue weighted by molar-refractivity contribution is -0.147. The summed E-state index contributed by atoms with van der Waals surface area (Å²) in [6.07, 6.45) is 2.73. The first-order valence-corrected chi connectivity index (χ1v) is 7.79. The molecule has 0 unspecified atom stereocenters. The number of rotatable bonds is 7. The van der Waals surface area contributed by atoms with Gasteiger partial charge in [0, 0.05) is 11.4 Å². The van der Waals surface area contributed by atoms with Crippen LogP contribution in [0.2, 0.25) is 5.02 Å². The Hall–Kier alpha value is -1.11. The van der Waals surface area contributed by atoms with E-state index < -0.39 is 16.0 Å². The Bertz CT molecular complexity index is 530. The number of carbonyl (C=O) groups excluding carboxylic acids is 1. The summed E-state index contributed by atoms with van der Waals surface area (Å²) >= 11 is 5.70. The average molecular weight is 306 g/mol. The van der Waals surface area contributed by atoms with E-state index in [1.807, 2.05) is 6.92 Å². The molecule has 0 fully saturated rings. The molecule has 0 saturated carbocycles. The lowest BCUT2D eigenvalue weighted by atomic mass is 10.2. The van der Waals surface area contributed by atoms with Crippen LogP contribution in [0.15, 0.2) is 29.2 Å². The lowest BCUT2D eigenvalue weighted by Gasteiger charge is -2.07. The Morgan fingerprint density at radius 2 is 2.11 bits per heavy atom. The lowest BCUT2D eigenvalue weighted by Crippen LogP contribution is -2.27. The van der Waals surface area contributed by atoms with Crippen LogP contribution in [0.5, 0.6) is 0 Å². The maximum absolute atomic E-state index is 11.8. The monoisotopic (exact) mass is 305 g/mol. The molecule has 0 radical (unpaired) electrons. The third-order valence-corrected chi connectivity index (χ3v) is 3.77. The zero-order chi connectivity index (χ0) is 14.3. The van der Waals surface area contributed by atoms with Gasteiger partial charge in [0.05, 0.1) is 4.90 Å². The third-order valence-electron chi connectivity index (χ3n) is 2.36. The van der Waals surface area contributed by atoms with Crippen LogP contribution < -0.4 is 4.89 Å². The number of nitrogens with one attached hydrogen (secondary N) is 1. The molecule has 0 saturated heterocycles. The van der Waals surface area contributed by atoms with Gasteiger partial charge in [0.1, 0.15) is 0 Å². The van der Waals surface area contributed by atoms with E-state index in [1.165, 1.54) is 18.2 Å². The zero-order valence-electron chi connectivity index (χ0n) is 10.6. The standard InChI is InChI=1S/C12H16ClNO4S/c1-2-3-4-8-12(15)18-14-19(16,17)11-7-5-6-10(13)9-11/h5-7,9,14H,2-4,8H2,1H3. The van der Waals surface area contributed by atoms with E-state index in [-0.39, 0.29) is 16.3 Å². The molecule has 0 aromatic heterocycles. The molecule has 1 aromatic rings. The van der Waals surface area contributed by atoms with Crippen LogP contribution >= 0.6 is 11.6 Å². The molecule has 1 N–H and O–H groups in total. The highest BCUT2D eigenvalue weighted by Gasteiger charge is 2.16. The minimum Gasteiger partial charge on any atom is -0.356 e. The van der Waals surface area contributed by atoms with Crippen molar-refractivity contribution in [2.24, 2.45) is 0 Å². The number of benzene rings is 1. The third kappa shape index (κ3) is 5.59. The Morgan fingerprint density at radius 3 is 2.74 bits per heavy atom. The molecule has 0 aliphatic carbocycles. The van der Waals surface area contributed by atoms with Gasteiger partial charge in [-0.25, -0.2) is 8.42 Å². The van der Waals surface area contributed by atoms with Crippen LogP contribution in [-0.2, 0) is 19.7 Å². The van der Waals surface area contributed by atoms with Crippen LogP contribution in [0.25, 0.3) is 0 Å². The van der Waals surface area contributed by atoms with Crippen molar-refractivity contribution in [3.8, 4) is 0 Å². The Labute approximate surface area is 117 Å². The van der Waals surface area contributed by atoms with Gasteiger partial charge in [-0.1, -0.05) is 37.4 Å². The fourth-order valence-electron chi connectivity index (χ4n) is 1.35. The zero-order valence-corrected chi connectivity index (χ0v) is 12.1.